The first-order valence-corrected chi connectivity index (χ1v) is 11.9. The number of aliphatic carboxylic acids is 1. The van der Waals surface area contributed by atoms with Crippen molar-refractivity contribution in [2.75, 3.05) is 6.61 Å². The highest BCUT2D eigenvalue weighted by molar-refractivity contribution is 5.69. The van der Waals surface area contributed by atoms with Crippen LogP contribution in [0.1, 0.15) is 88.2 Å². The quantitative estimate of drug-likeness (QED) is 0.492. The number of carboxylic acid groups (broad SMARTS) is 1. The SMILES string of the molecule is CCOC(=O)Cn1nnnc1C(NC(CC(=O)O)C1CCCCC1)c1ccc(C(C)C)cc1. The number of nitrogens with zero attached hydrogens (tertiary/aromatic N) is 4. The average Bonchev–Trinajstić information content (AvgIpc) is 3.24. The van der Waals surface area contributed by atoms with E-state index >= 15 is 0 Å². The van der Waals surface area contributed by atoms with Crippen LogP contribution in [0.4, 0.5) is 0 Å². The fourth-order valence-electron chi connectivity index (χ4n) is 4.55. The molecule has 1 fully saturated rings. The molecule has 9 nitrogen and oxygen atoms in total. The molecule has 0 amide bonds. The van der Waals surface area contributed by atoms with Gasteiger partial charge in [-0.05, 0) is 53.2 Å². The molecule has 0 spiro atoms. The Morgan fingerprint density at radius 1 is 1.15 bits per heavy atom. The van der Waals surface area contributed by atoms with Gasteiger partial charge in [-0.2, -0.15) is 0 Å². The van der Waals surface area contributed by atoms with Gasteiger partial charge in [-0.25, -0.2) is 4.68 Å². The van der Waals surface area contributed by atoms with Gasteiger partial charge in [0.25, 0.3) is 0 Å². The minimum Gasteiger partial charge on any atom is -0.481 e. The van der Waals surface area contributed by atoms with E-state index in [9.17, 15) is 14.7 Å². The fraction of sp³-hybridized carbons (Fsp3) is 0.625. The molecule has 0 radical (unpaired) electrons. The van der Waals surface area contributed by atoms with Crippen LogP contribution in [0.15, 0.2) is 24.3 Å². The molecule has 9 heteroatoms. The van der Waals surface area contributed by atoms with E-state index in [2.05, 4.69) is 46.8 Å². The molecule has 1 saturated carbocycles. The number of benzene rings is 1. The third-order valence-electron chi connectivity index (χ3n) is 6.33. The summed E-state index contributed by atoms with van der Waals surface area (Å²) in [4.78, 5) is 23.8. The lowest BCUT2D eigenvalue weighted by atomic mass is 9.82. The molecule has 2 aromatic rings. The lowest BCUT2D eigenvalue weighted by Crippen LogP contribution is -2.42. The van der Waals surface area contributed by atoms with Gasteiger partial charge in [-0.15, -0.1) is 5.10 Å². The number of carboxylic acids is 1. The molecule has 2 atom stereocenters. The summed E-state index contributed by atoms with van der Waals surface area (Å²) in [7, 11) is 0. The maximum Gasteiger partial charge on any atom is 0.327 e. The standard InChI is InChI=1S/C24H35N5O4/c1-4-33-22(32)15-29-24(26-27-28-29)23(19-12-10-17(11-13-19)16(2)3)25-20(14-21(30)31)18-8-6-5-7-9-18/h10-13,16,18,20,23,25H,4-9,14-15H2,1-3H3,(H,30,31). The van der Waals surface area contributed by atoms with E-state index in [1.54, 1.807) is 6.92 Å². The maximum absolute atomic E-state index is 12.1. The van der Waals surface area contributed by atoms with Crippen molar-refractivity contribution in [2.45, 2.75) is 83.8 Å². The maximum atomic E-state index is 12.1. The summed E-state index contributed by atoms with van der Waals surface area (Å²) >= 11 is 0. The van der Waals surface area contributed by atoms with Crippen LogP contribution in [0.2, 0.25) is 0 Å². The second kappa shape index (κ2) is 11.9. The molecule has 1 aromatic heterocycles. The van der Waals surface area contributed by atoms with Gasteiger partial charge in [0.1, 0.15) is 6.54 Å². The molecule has 1 aromatic carbocycles. The van der Waals surface area contributed by atoms with Crippen molar-refractivity contribution in [3.63, 3.8) is 0 Å². The summed E-state index contributed by atoms with van der Waals surface area (Å²) in [6.07, 6.45) is 5.42. The van der Waals surface area contributed by atoms with E-state index < -0.39 is 18.0 Å². The number of carbonyl (C=O) groups is 2. The van der Waals surface area contributed by atoms with Crippen LogP contribution in [-0.4, -0.2) is 49.9 Å². The second-order valence-corrected chi connectivity index (χ2v) is 9.02. The largest absolute Gasteiger partial charge is 0.481 e. The van der Waals surface area contributed by atoms with Crippen molar-refractivity contribution in [2.24, 2.45) is 5.92 Å². The van der Waals surface area contributed by atoms with Crippen LogP contribution in [0, 0.1) is 5.92 Å². The third kappa shape index (κ3) is 6.83. The molecule has 2 N–H and O–H groups in total. The number of tetrazole rings is 1. The second-order valence-electron chi connectivity index (χ2n) is 9.02. The number of ether oxygens (including phenoxy) is 1. The van der Waals surface area contributed by atoms with Crippen molar-refractivity contribution in [3.8, 4) is 0 Å². The summed E-state index contributed by atoms with van der Waals surface area (Å²) in [6, 6.07) is 7.50. The van der Waals surface area contributed by atoms with Crippen molar-refractivity contribution >= 4 is 11.9 Å². The highest BCUT2D eigenvalue weighted by Crippen LogP contribution is 2.31. The monoisotopic (exact) mass is 457 g/mol. The van der Waals surface area contributed by atoms with Crippen molar-refractivity contribution in [1.29, 1.82) is 0 Å². The molecule has 1 heterocycles. The molecular formula is C24H35N5O4. The smallest absolute Gasteiger partial charge is 0.327 e. The summed E-state index contributed by atoms with van der Waals surface area (Å²) < 4.78 is 6.51. The third-order valence-corrected chi connectivity index (χ3v) is 6.33. The first kappa shape index (κ1) is 24.8. The molecule has 33 heavy (non-hydrogen) atoms. The summed E-state index contributed by atoms with van der Waals surface area (Å²) in [5.41, 5.74) is 2.13. The van der Waals surface area contributed by atoms with E-state index in [4.69, 9.17) is 4.74 Å². The van der Waals surface area contributed by atoms with E-state index in [-0.39, 0.29) is 31.5 Å². The fourth-order valence-corrected chi connectivity index (χ4v) is 4.55. The number of carbonyl (C=O) groups excluding carboxylic acids is 1. The van der Waals surface area contributed by atoms with E-state index in [0.29, 0.717) is 11.7 Å². The van der Waals surface area contributed by atoms with E-state index in [1.807, 2.05) is 12.1 Å². The van der Waals surface area contributed by atoms with Gasteiger partial charge in [0, 0.05) is 6.04 Å². The Morgan fingerprint density at radius 2 is 1.82 bits per heavy atom. The Morgan fingerprint density at radius 3 is 2.42 bits per heavy atom. The van der Waals surface area contributed by atoms with Gasteiger partial charge in [0.15, 0.2) is 5.82 Å². The summed E-state index contributed by atoms with van der Waals surface area (Å²) in [5.74, 6) is -0.137. The molecule has 1 aliphatic carbocycles. The summed E-state index contributed by atoms with van der Waals surface area (Å²) in [6.45, 7) is 6.19. The average molecular weight is 458 g/mol. The van der Waals surface area contributed by atoms with E-state index in [0.717, 1.165) is 31.2 Å². The first-order chi connectivity index (χ1) is 15.9. The van der Waals surface area contributed by atoms with Gasteiger partial charge in [-0.1, -0.05) is 57.4 Å². The molecule has 1 aliphatic rings. The number of nitrogens with one attached hydrogen (secondary N) is 1. The topological polar surface area (TPSA) is 119 Å². The molecule has 0 saturated heterocycles. The number of esters is 1. The van der Waals surface area contributed by atoms with Gasteiger partial charge >= 0.3 is 11.9 Å². The van der Waals surface area contributed by atoms with Gasteiger partial charge in [0.2, 0.25) is 0 Å². The Bertz CT molecular complexity index is 906. The van der Waals surface area contributed by atoms with Crippen molar-refractivity contribution in [1.82, 2.24) is 25.5 Å². The van der Waals surface area contributed by atoms with Crippen LogP contribution >= 0.6 is 0 Å². The number of hydrogen-bond acceptors (Lipinski definition) is 7. The van der Waals surface area contributed by atoms with Crippen LogP contribution in [0.5, 0.6) is 0 Å². The zero-order valence-electron chi connectivity index (χ0n) is 19.7. The molecule has 0 aliphatic heterocycles. The minimum atomic E-state index is -0.835. The minimum absolute atomic E-state index is 0.0185. The van der Waals surface area contributed by atoms with Crippen LogP contribution < -0.4 is 5.32 Å². The molecule has 180 valence electrons. The predicted octanol–water partition coefficient (Wildman–Crippen LogP) is 3.46. The number of hydrogen-bond donors (Lipinski definition) is 2. The highest BCUT2D eigenvalue weighted by Gasteiger charge is 2.31. The van der Waals surface area contributed by atoms with Crippen LogP contribution in [0.25, 0.3) is 0 Å². The lowest BCUT2D eigenvalue weighted by Gasteiger charge is -2.33. The zero-order valence-corrected chi connectivity index (χ0v) is 19.7. The molecular weight excluding hydrogens is 422 g/mol. The first-order valence-electron chi connectivity index (χ1n) is 11.9. The van der Waals surface area contributed by atoms with Gasteiger partial charge < -0.3 is 9.84 Å². The predicted molar refractivity (Wildman–Crippen MR) is 123 cm³/mol. The van der Waals surface area contributed by atoms with Crippen molar-refractivity contribution in [3.05, 3.63) is 41.2 Å². The zero-order chi connectivity index (χ0) is 23.8. The lowest BCUT2D eigenvalue weighted by molar-refractivity contribution is -0.144. The Hall–Kier alpha value is -2.81. The number of aromatic nitrogens is 4. The van der Waals surface area contributed by atoms with Crippen LogP contribution in [0.3, 0.4) is 0 Å². The Balaban J connectivity index is 1.95. The Kier molecular flexibility index (Phi) is 8.94. The molecule has 0 bridgehead atoms. The van der Waals surface area contributed by atoms with Gasteiger partial charge in [0.05, 0.1) is 19.1 Å². The van der Waals surface area contributed by atoms with Crippen molar-refractivity contribution < 1.29 is 19.4 Å². The van der Waals surface area contributed by atoms with E-state index in [1.165, 1.54) is 16.7 Å². The normalized spacial score (nSPS) is 16.5. The highest BCUT2D eigenvalue weighted by atomic mass is 16.5. The molecule has 2 unspecified atom stereocenters. The van der Waals surface area contributed by atoms with Gasteiger partial charge in [-0.3, -0.25) is 14.9 Å². The van der Waals surface area contributed by atoms with Crippen LogP contribution in [-0.2, 0) is 20.9 Å². The molecule has 3 rings (SSSR count). The summed E-state index contributed by atoms with van der Waals surface area (Å²) in [5, 5.41) is 25.2. The number of rotatable bonds is 11. The Labute approximate surface area is 194 Å².